The van der Waals surface area contributed by atoms with Crippen LogP contribution in [0.2, 0.25) is 0 Å². The van der Waals surface area contributed by atoms with Gasteiger partial charge >= 0.3 is 0 Å². The topological polar surface area (TPSA) is 3.24 Å². The van der Waals surface area contributed by atoms with E-state index in [1.165, 1.54) is 19.4 Å². The third kappa shape index (κ3) is 114. The van der Waals surface area contributed by atoms with E-state index in [4.69, 9.17) is 0 Å². The Labute approximate surface area is 815 Å². The van der Waals surface area contributed by atoms with Crippen LogP contribution in [0.15, 0.2) is 0 Å². The Morgan fingerprint density at radius 1 is 0.345 bits per heavy atom. The van der Waals surface area contributed by atoms with Crippen LogP contribution in [-0.4, -0.2) is 23.5 Å². The van der Waals surface area contributed by atoms with Gasteiger partial charge in [-0.15, -0.1) is 0 Å². The van der Waals surface area contributed by atoms with Gasteiger partial charge in [0, 0.05) is 601 Å². The summed E-state index contributed by atoms with van der Waals surface area (Å²) in [6.07, 6.45) is 2.70. The molecule has 0 amide bonds. The van der Waals surface area contributed by atoms with Gasteiger partial charge in [0.25, 0.3) is 0 Å². The summed E-state index contributed by atoms with van der Waals surface area (Å²) in [6.45, 7) is 42.7. The van der Waals surface area contributed by atoms with Gasteiger partial charge in [-0.1, -0.05) is 132 Å². The van der Waals surface area contributed by atoms with Crippen LogP contribution in [0.5, 0.6) is 0 Å². The Morgan fingerprint density at radius 2 is 0.473 bits per heavy atom. The fraction of sp³-hybridized carbons (Fsp3) is 0.886. The first kappa shape index (κ1) is 194. The maximum atomic E-state index is 2.61. The molecule has 0 N–H and O–H groups in total. The summed E-state index contributed by atoms with van der Waals surface area (Å²) in [6, 6.07) is 1.56. The van der Waals surface area contributed by atoms with Crippen molar-refractivity contribution < 1.29 is 589 Å². The first-order valence-corrected chi connectivity index (χ1v) is 14.4. The molecule has 0 aromatic rings. The van der Waals surface area contributed by atoms with E-state index in [0.717, 1.165) is 47.6 Å². The molecule has 2 aliphatic rings. The van der Waals surface area contributed by atoms with Crippen molar-refractivity contribution >= 4 is 9.90 Å². The molecular formula is C35H90NPY18-4. The molecule has 1 aliphatic carbocycles. The SMILES string of the molecule is C.CC.CC.CC.CC.CCC.CCN1[C@H](C)[C@H](C)[C@H](C)[C@@H]1C.C[C@@H]1[C@H](C)[C@H](C)C[C@@H]1C.P.[CH3-].[CH3-].[CH3-].[CH3-].[Y].[Y].[Y].[Y].[Y].[Y].[Y].[Y].[Y].[Y].[Y].[Y].[Y].[Y].[Y].[Y].[Y].[Y]. The van der Waals surface area contributed by atoms with E-state index in [2.05, 4.69) is 81.1 Å². The number of hydrogen-bond donors (Lipinski definition) is 0. The summed E-state index contributed by atoms with van der Waals surface area (Å²) in [5, 5.41) is 0. The average Bonchev–Trinajstić information content (AvgIpc) is 3.15. The Kier molecular flexibility index (Phi) is 556. The first-order chi connectivity index (χ1) is 14.6. The van der Waals surface area contributed by atoms with E-state index in [-0.39, 0.29) is 636 Å². The third-order valence-electron chi connectivity index (χ3n) is 7.13. The maximum absolute atomic E-state index is 2.61. The van der Waals surface area contributed by atoms with Gasteiger partial charge in [0.2, 0.25) is 0 Å². The van der Waals surface area contributed by atoms with Gasteiger partial charge in [-0.3, -0.25) is 4.90 Å². The average molecular weight is 2160 g/mol. The van der Waals surface area contributed by atoms with E-state index < -0.39 is 0 Å². The predicted octanol–water partition coefficient (Wildman–Crippen LogP) is 13.3. The second-order valence-corrected chi connectivity index (χ2v) is 8.65. The number of rotatable bonds is 1. The van der Waals surface area contributed by atoms with Crippen molar-refractivity contribution in [1.82, 2.24) is 4.90 Å². The van der Waals surface area contributed by atoms with Crippen LogP contribution in [0, 0.1) is 65.2 Å². The molecule has 1 heterocycles. The fourth-order valence-electron chi connectivity index (χ4n) is 4.48. The Balaban J connectivity index is -0.00000000539. The number of likely N-dealkylation sites (tertiary alicyclic amines) is 1. The molecule has 298 valence electrons. The van der Waals surface area contributed by atoms with Gasteiger partial charge in [-0.2, -0.15) is 9.90 Å². The molecule has 2 fully saturated rings. The second-order valence-electron chi connectivity index (χ2n) is 8.65. The van der Waals surface area contributed by atoms with Gasteiger partial charge in [0.1, 0.15) is 0 Å². The smallest absolute Gasteiger partial charge is 0.00984 e. The molecule has 0 aromatic heterocycles. The van der Waals surface area contributed by atoms with E-state index in [1.807, 2.05) is 55.4 Å². The van der Waals surface area contributed by atoms with Gasteiger partial charge in [0.05, 0.1) is 0 Å². The van der Waals surface area contributed by atoms with Crippen LogP contribution in [0.1, 0.15) is 152 Å². The second kappa shape index (κ2) is 158. The summed E-state index contributed by atoms with van der Waals surface area (Å²) in [7, 11) is 0. The summed E-state index contributed by atoms with van der Waals surface area (Å²) in [5.41, 5.74) is 0. The molecule has 0 bridgehead atoms. The Bertz CT molecular complexity index is 332. The summed E-state index contributed by atoms with van der Waals surface area (Å²) < 4.78 is 0. The minimum Gasteiger partial charge on any atom is -0.358 e. The molecule has 2 rings (SSSR count). The molecular weight excluding hydrogens is 2070 g/mol. The molecule has 18 radical (unpaired) electrons. The maximum Gasteiger partial charge on any atom is 0.00984 e. The van der Waals surface area contributed by atoms with Crippen LogP contribution in [0.4, 0.5) is 0 Å². The summed E-state index contributed by atoms with van der Waals surface area (Å²) >= 11 is 0. The molecule has 1 nitrogen and oxygen atoms in total. The molecule has 1 saturated carbocycles. The van der Waals surface area contributed by atoms with E-state index in [0.29, 0.717) is 0 Å². The fourth-order valence-corrected chi connectivity index (χ4v) is 4.48. The normalized spacial score (nSPS) is 18.6. The monoisotopic (exact) mass is 2160 g/mol. The van der Waals surface area contributed by atoms with Crippen LogP contribution >= 0.6 is 9.90 Å². The molecule has 1 unspecified atom stereocenters. The van der Waals surface area contributed by atoms with E-state index >= 15 is 0 Å². The van der Waals surface area contributed by atoms with Gasteiger partial charge in [0.15, 0.2) is 0 Å². The zero-order chi connectivity index (χ0) is 26.3. The Morgan fingerprint density at radius 3 is 0.527 bits per heavy atom. The summed E-state index contributed by atoms with van der Waals surface area (Å²) in [5.74, 6) is 5.58. The van der Waals surface area contributed by atoms with Crippen molar-refractivity contribution in [3.63, 3.8) is 0 Å². The largest absolute Gasteiger partial charge is 0.358 e. The van der Waals surface area contributed by atoms with Crippen molar-refractivity contribution in [3.8, 4) is 0 Å². The molecule has 1 aliphatic heterocycles. The molecule has 20 heteroatoms. The number of hydrogen-bond acceptors (Lipinski definition) is 1. The minimum absolute atomic E-state index is 0. The van der Waals surface area contributed by atoms with Crippen molar-refractivity contribution in [3.05, 3.63) is 29.7 Å². The Hall–Kier alpha value is 20.3. The summed E-state index contributed by atoms with van der Waals surface area (Å²) in [4.78, 5) is 2.61. The minimum atomic E-state index is 0. The molecule has 0 aromatic carbocycles. The van der Waals surface area contributed by atoms with Crippen LogP contribution in [0.3, 0.4) is 0 Å². The van der Waals surface area contributed by atoms with Crippen molar-refractivity contribution in [1.29, 1.82) is 0 Å². The van der Waals surface area contributed by atoms with Crippen molar-refractivity contribution in [2.45, 2.75) is 164 Å². The standard InChI is InChI=1S/C10H21N.C9H18.C3H8.4C2H6.CH4.4CH3.H3P.18Y/c1-6-11-9(4)7(2)8(3)10(11)5;1-6-5-7(2)9(4)8(6)3;1-3-2;4*1-2;;;;;;;;;;;;;;;;;;;;;;;;/h7-10H,6H2,1-5H3;6-9H,5H2,1-4H3;3H2,1-2H3;4*1-2H3;1H4;5*1H3;;;;;;;;;;;;;;;;;;/q;;;;;;;;4*-1;;;;;;;;;;;;;;;;;;;/t7-,8+,9-,10+;6-,7+,8-,9+;;;;;;;;;;;;;;;;;;;;;;;;;;;;;. The molecule has 0 spiro atoms. The third-order valence-corrected chi connectivity index (χ3v) is 7.13. The zero-order valence-electron chi connectivity index (χ0n) is 41.3. The van der Waals surface area contributed by atoms with Crippen LogP contribution in [0.25, 0.3) is 0 Å². The number of nitrogens with zero attached hydrogens (tertiary/aromatic N) is 1. The predicted molar refractivity (Wildman–Crippen MR) is 196 cm³/mol. The zero-order valence-corrected chi connectivity index (χ0v) is 93.8. The molecule has 55 heavy (non-hydrogen) atoms. The van der Waals surface area contributed by atoms with Gasteiger partial charge < -0.3 is 29.7 Å². The van der Waals surface area contributed by atoms with Crippen molar-refractivity contribution in [2.75, 3.05) is 6.54 Å². The van der Waals surface area contributed by atoms with Gasteiger partial charge in [-0.25, -0.2) is 0 Å². The van der Waals surface area contributed by atoms with E-state index in [1.54, 1.807) is 0 Å². The quantitative estimate of drug-likeness (QED) is 0.187. The van der Waals surface area contributed by atoms with Crippen LogP contribution < -0.4 is 0 Å². The first-order valence-electron chi connectivity index (χ1n) is 14.4. The molecule has 9 atom stereocenters. The molecule has 1 saturated heterocycles. The van der Waals surface area contributed by atoms with E-state index in [9.17, 15) is 0 Å². The van der Waals surface area contributed by atoms with Crippen molar-refractivity contribution in [2.24, 2.45) is 35.5 Å². The van der Waals surface area contributed by atoms with Gasteiger partial charge in [-0.05, 0) is 62.3 Å². The van der Waals surface area contributed by atoms with Crippen LogP contribution in [-0.2, 0) is 589 Å².